The Morgan fingerprint density at radius 2 is 1.70 bits per heavy atom. The van der Waals surface area contributed by atoms with Gasteiger partial charge >= 0.3 is 0 Å². The van der Waals surface area contributed by atoms with Crippen LogP contribution in [0.2, 0.25) is 0 Å². The van der Waals surface area contributed by atoms with Crippen molar-refractivity contribution in [3.63, 3.8) is 0 Å². The molecule has 20 heavy (non-hydrogen) atoms. The molecule has 0 aliphatic rings. The van der Waals surface area contributed by atoms with E-state index in [4.69, 9.17) is 10.5 Å². The first-order valence-corrected chi connectivity index (χ1v) is 6.38. The van der Waals surface area contributed by atoms with Crippen molar-refractivity contribution in [3.8, 4) is 5.75 Å². The van der Waals surface area contributed by atoms with E-state index in [1.54, 1.807) is 6.07 Å². The Labute approximate surface area is 116 Å². The molecule has 3 heteroatoms. The fourth-order valence-corrected chi connectivity index (χ4v) is 2.12. The molecule has 2 nitrogen and oxygen atoms in total. The van der Waals surface area contributed by atoms with Gasteiger partial charge in [0.25, 0.3) is 0 Å². The van der Waals surface area contributed by atoms with Crippen LogP contribution in [0.15, 0.2) is 60.7 Å². The minimum atomic E-state index is -0.336. The summed E-state index contributed by atoms with van der Waals surface area (Å²) in [5, 5.41) is 2.29. The smallest absolute Gasteiger partial charge is 0.125 e. The third kappa shape index (κ3) is 2.57. The van der Waals surface area contributed by atoms with Gasteiger partial charge in [-0.3, -0.25) is 0 Å². The molecule has 0 aromatic heterocycles. The maximum Gasteiger partial charge on any atom is 0.125 e. The third-order valence-electron chi connectivity index (χ3n) is 3.22. The Kier molecular flexibility index (Phi) is 3.25. The van der Waals surface area contributed by atoms with E-state index in [9.17, 15) is 4.39 Å². The van der Waals surface area contributed by atoms with Gasteiger partial charge < -0.3 is 10.5 Å². The summed E-state index contributed by atoms with van der Waals surface area (Å²) in [6.07, 6.45) is 0. The number of nitrogens with two attached hydrogens (primary N) is 1. The quantitative estimate of drug-likeness (QED) is 0.724. The number of halogens is 1. The van der Waals surface area contributed by atoms with Crippen LogP contribution in [0.4, 0.5) is 10.1 Å². The average Bonchev–Trinajstić information content (AvgIpc) is 2.46. The van der Waals surface area contributed by atoms with E-state index >= 15 is 0 Å². The maximum absolute atomic E-state index is 13.0. The molecule has 100 valence electrons. The summed E-state index contributed by atoms with van der Waals surface area (Å²) >= 11 is 0. The Morgan fingerprint density at radius 1 is 0.900 bits per heavy atom. The first-order valence-electron chi connectivity index (χ1n) is 6.38. The summed E-state index contributed by atoms with van der Waals surface area (Å²) in [6.45, 7) is 0.324. The predicted octanol–water partition coefficient (Wildman–Crippen LogP) is 4.14. The van der Waals surface area contributed by atoms with Gasteiger partial charge in [-0.15, -0.1) is 0 Å². The molecule has 0 saturated carbocycles. The molecule has 0 aliphatic heterocycles. The minimum absolute atomic E-state index is 0.324. The van der Waals surface area contributed by atoms with E-state index in [-0.39, 0.29) is 5.82 Å². The Balaban J connectivity index is 1.79. The van der Waals surface area contributed by atoms with Crippen molar-refractivity contribution in [1.29, 1.82) is 0 Å². The highest BCUT2D eigenvalue weighted by Crippen LogP contribution is 2.22. The Bertz CT molecular complexity index is 755. The molecule has 0 atom stereocenters. The van der Waals surface area contributed by atoms with E-state index in [0.29, 0.717) is 12.3 Å². The Morgan fingerprint density at radius 3 is 2.50 bits per heavy atom. The summed E-state index contributed by atoms with van der Waals surface area (Å²) in [5.41, 5.74) is 6.94. The number of nitrogen functional groups attached to an aromatic ring is 1. The van der Waals surface area contributed by atoms with Gasteiger partial charge in [-0.25, -0.2) is 4.39 Å². The molecule has 0 aliphatic carbocycles. The van der Waals surface area contributed by atoms with Gasteiger partial charge in [-0.2, -0.15) is 0 Å². The zero-order chi connectivity index (χ0) is 13.9. The maximum atomic E-state index is 13.0. The zero-order valence-corrected chi connectivity index (χ0v) is 10.8. The van der Waals surface area contributed by atoms with Crippen molar-refractivity contribution in [2.45, 2.75) is 6.61 Å². The van der Waals surface area contributed by atoms with Crippen LogP contribution >= 0.6 is 0 Å². The standard InChI is InChI=1S/C17H14FNO/c18-15-7-5-14(17(19)10-15)11-20-16-8-6-12-3-1-2-4-13(12)9-16/h1-10H,11,19H2. The Hall–Kier alpha value is -2.55. The second-order valence-electron chi connectivity index (χ2n) is 4.64. The van der Waals surface area contributed by atoms with Gasteiger partial charge in [0.1, 0.15) is 18.2 Å². The fourth-order valence-electron chi connectivity index (χ4n) is 2.12. The van der Waals surface area contributed by atoms with Gasteiger partial charge in [0.2, 0.25) is 0 Å². The first-order chi connectivity index (χ1) is 9.72. The van der Waals surface area contributed by atoms with E-state index in [2.05, 4.69) is 6.07 Å². The highest BCUT2D eigenvalue weighted by atomic mass is 19.1. The summed E-state index contributed by atoms with van der Waals surface area (Å²) in [7, 11) is 0. The van der Waals surface area contributed by atoms with Crippen LogP contribution in [-0.2, 0) is 6.61 Å². The van der Waals surface area contributed by atoms with E-state index in [1.807, 2.05) is 36.4 Å². The number of hydrogen-bond acceptors (Lipinski definition) is 2. The number of ether oxygens (including phenoxy) is 1. The average molecular weight is 267 g/mol. The molecule has 0 heterocycles. The van der Waals surface area contributed by atoms with Crippen LogP contribution < -0.4 is 10.5 Å². The molecular formula is C17H14FNO. The molecule has 0 amide bonds. The van der Waals surface area contributed by atoms with Gasteiger partial charge in [-0.05, 0) is 35.0 Å². The second kappa shape index (κ2) is 5.21. The van der Waals surface area contributed by atoms with Crippen molar-refractivity contribution in [1.82, 2.24) is 0 Å². The highest BCUT2D eigenvalue weighted by Gasteiger charge is 2.03. The molecule has 0 saturated heterocycles. The lowest BCUT2D eigenvalue weighted by Crippen LogP contribution is -2.00. The SMILES string of the molecule is Nc1cc(F)ccc1COc1ccc2ccccc2c1. The number of benzene rings is 3. The number of fused-ring (bicyclic) bond motifs is 1. The van der Waals surface area contributed by atoms with E-state index in [1.165, 1.54) is 17.5 Å². The molecule has 3 aromatic rings. The van der Waals surface area contributed by atoms with Gasteiger partial charge in [0.05, 0.1) is 0 Å². The van der Waals surface area contributed by atoms with Crippen LogP contribution in [0.1, 0.15) is 5.56 Å². The third-order valence-corrected chi connectivity index (χ3v) is 3.22. The van der Waals surface area contributed by atoms with Crippen molar-refractivity contribution in [2.75, 3.05) is 5.73 Å². The molecule has 0 radical (unpaired) electrons. The number of hydrogen-bond donors (Lipinski definition) is 1. The monoisotopic (exact) mass is 267 g/mol. The lowest BCUT2D eigenvalue weighted by atomic mass is 10.1. The van der Waals surface area contributed by atoms with Crippen molar-refractivity contribution < 1.29 is 9.13 Å². The summed E-state index contributed by atoms with van der Waals surface area (Å²) in [6, 6.07) is 18.3. The van der Waals surface area contributed by atoms with Crippen molar-refractivity contribution >= 4 is 16.5 Å². The van der Waals surface area contributed by atoms with Gasteiger partial charge in [0, 0.05) is 11.3 Å². The van der Waals surface area contributed by atoms with Crippen LogP contribution in [-0.4, -0.2) is 0 Å². The van der Waals surface area contributed by atoms with Crippen molar-refractivity contribution in [2.24, 2.45) is 0 Å². The first kappa shape index (κ1) is 12.5. The predicted molar refractivity (Wildman–Crippen MR) is 79.1 cm³/mol. The molecule has 0 unspecified atom stereocenters. The lowest BCUT2D eigenvalue weighted by Gasteiger charge is -2.09. The molecule has 3 aromatic carbocycles. The zero-order valence-electron chi connectivity index (χ0n) is 10.8. The van der Waals surface area contributed by atoms with Gasteiger partial charge in [0.15, 0.2) is 0 Å². The number of anilines is 1. The van der Waals surface area contributed by atoms with E-state index in [0.717, 1.165) is 16.7 Å². The summed E-state index contributed by atoms with van der Waals surface area (Å²) < 4.78 is 18.7. The van der Waals surface area contributed by atoms with Crippen LogP contribution in [0.3, 0.4) is 0 Å². The lowest BCUT2D eigenvalue weighted by molar-refractivity contribution is 0.307. The summed E-state index contributed by atoms with van der Waals surface area (Å²) in [4.78, 5) is 0. The molecule has 0 fully saturated rings. The van der Waals surface area contributed by atoms with Crippen LogP contribution in [0, 0.1) is 5.82 Å². The second-order valence-corrected chi connectivity index (χ2v) is 4.64. The molecule has 0 spiro atoms. The molecule has 0 bridgehead atoms. The summed E-state index contributed by atoms with van der Waals surface area (Å²) in [5.74, 6) is 0.435. The topological polar surface area (TPSA) is 35.2 Å². The largest absolute Gasteiger partial charge is 0.489 e. The van der Waals surface area contributed by atoms with Gasteiger partial charge in [-0.1, -0.05) is 36.4 Å². The molecule has 2 N–H and O–H groups in total. The van der Waals surface area contributed by atoms with Crippen LogP contribution in [0.5, 0.6) is 5.75 Å². The highest BCUT2D eigenvalue weighted by molar-refractivity contribution is 5.83. The van der Waals surface area contributed by atoms with Crippen LogP contribution in [0.25, 0.3) is 10.8 Å². The molecular weight excluding hydrogens is 253 g/mol. The minimum Gasteiger partial charge on any atom is -0.489 e. The van der Waals surface area contributed by atoms with E-state index < -0.39 is 0 Å². The number of rotatable bonds is 3. The normalized spacial score (nSPS) is 10.7. The fraction of sp³-hybridized carbons (Fsp3) is 0.0588. The molecule has 3 rings (SSSR count). The van der Waals surface area contributed by atoms with Crippen molar-refractivity contribution in [3.05, 3.63) is 72.0 Å².